The number of unbranched alkanes of at least 4 members (excludes halogenated alkanes) is 1. The third-order valence-electron chi connectivity index (χ3n) is 3.83. The summed E-state index contributed by atoms with van der Waals surface area (Å²) in [6.07, 6.45) is 1.46. The van der Waals surface area contributed by atoms with Gasteiger partial charge in [0, 0.05) is 26.2 Å². The summed E-state index contributed by atoms with van der Waals surface area (Å²) >= 11 is 0. The van der Waals surface area contributed by atoms with Crippen LogP contribution in [0.2, 0.25) is 0 Å². The number of nitrogens with zero attached hydrogens (tertiary/aromatic N) is 1. The average Bonchev–Trinajstić information content (AvgIpc) is 2.65. The molecule has 0 spiro atoms. The van der Waals surface area contributed by atoms with E-state index in [1.54, 1.807) is 12.1 Å². The number of sulfonamides is 1. The van der Waals surface area contributed by atoms with Gasteiger partial charge < -0.3 is 10.1 Å². The van der Waals surface area contributed by atoms with E-state index in [1.807, 2.05) is 0 Å². The fourth-order valence-electron chi connectivity index (χ4n) is 2.24. The van der Waals surface area contributed by atoms with Crippen molar-refractivity contribution in [2.45, 2.75) is 17.7 Å². The molecule has 0 aliphatic carbocycles. The van der Waals surface area contributed by atoms with Gasteiger partial charge in [-0.3, -0.25) is 4.79 Å². The number of halogens is 1. The maximum Gasteiger partial charge on any atom is 0.251 e. The second-order valence-electron chi connectivity index (χ2n) is 6.08. The molecule has 8 heteroatoms. The molecular formula is C19H23FN2O4S. The van der Waals surface area contributed by atoms with Gasteiger partial charge in [-0.25, -0.2) is 17.1 Å². The van der Waals surface area contributed by atoms with Crippen molar-refractivity contribution in [2.24, 2.45) is 0 Å². The normalized spacial score (nSPS) is 11.4. The van der Waals surface area contributed by atoms with Crippen LogP contribution in [0, 0.1) is 5.82 Å². The number of nitrogens with one attached hydrogen (secondary N) is 1. The maximum atomic E-state index is 12.8. The SMILES string of the molecule is CN(C)S(=O)(=O)c1ccc(C(=O)NCCCCOc2ccc(F)cc2)cc1. The Morgan fingerprint density at radius 3 is 2.26 bits per heavy atom. The molecule has 0 fully saturated rings. The molecule has 0 heterocycles. The van der Waals surface area contributed by atoms with Crippen molar-refractivity contribution >= 4 is 15.9 Å². The third kappa shape index (κ3) is 6.04. The first-order chi connectivity index (χ1) is 12.8. The molecular weight excluding hydrogens is 371 g/mol. The lowest BCUT2D eigenvalue weighted by Gasteiger charge is -2.11. The zero-order valence-electron chi connectivity index (χ0n) is 15.3. The number of rotatable bonds is 9. The number of hydrogen-bond acceptors (Lipinski definition) is 4. The lowest BCUT2D eigenvalue weighted by molar-refractivity contribution is 0.0952. The summed E-state index contributed by atoms with van der Waals surface area (Å²) in [6, 6.07) is 11.6. The first-order valence-corrected chi connectivity index (χ1v) is 9.94. The molecule has 0 unspecified atom stereocenters. The number of hydrogen-bond donors (Lipinski definition) is 1. The summed E-state index contributed by atoms with van der Waals surface area (Å²) in [5.74, 6) is 0.0360. The first kappa shape index (κ1) is 20.9. The zero-order valence-corrected chi connectivity index (χ0v) is 16.1. The Hall–Kier alpha value is -2.45. The quantitative estimate of drug-likeness (QED) is 0.664. The topological polar surface area (TPSA) is 75.7 Å². The van der Waals surface area contributed by atoms with Gasteiger partial charge in [-0.15, -0.1) is 0 Å². The number of carbonyl (C=O) groups excluding carboxylic acids is 1. The molecule has 6 nitrogen and oxygen atoms in total. The molecule has 0 aliphatic heterocycles. The van der Waals surface area contributed by atoms with Crippen LogP contribution in [-0.4, -0.2) is 45.9 Å². The summed E-state index contributed by atoms with van der Waals surface area (Å²) in [7, 11) is -0.597. The Morgan fingerprint density at radius 2 is 1.67 bits per heavy atom. The van der Waals surface area contributed by atoms with E-state index < -0.39 is 10.0 Å². The highest BCUT2D eigenvalue weighted by atomic mass is 32.2. The van der Waals surface area contributed by atoms with Gasteiger partial charge in [-0.1, -0.05) is 0 Å². The molecule has 0 saturated heterocycles. The van der Waals surface area contributed by atoms with Crippen molar-refractivity contribution in [2.75, 3.05) is 27.2 Å². The predicted octanol–water partition coefficient (Wildman–Crippen LogP) is 2.67. The predicted molar refractivity (Wildman–Crippen MR) is 101 cm³/mol. The summed E-state index contributed by atoms with van der Waals surface area (Å²) < 4.78 is 43.4. The monoisotopic (exact) mass is 394 g/mol. The summed E-state index contributed by atoms with van der Waals surface area (Å²) in [5.41, 5.74) is 0.398. The second kappa shape index (κ2) is 9.48. The zero-order chi connectivity index (χ0) is 19.9. The molecule has 1 amide bonds. The van der Waals surface area contributed by atoms with E-state index in [4.69, 9.17) is 4.74 Å². The summed E-state index contributed by atoms with van der Waals surface area (Å²) in [6.45, 7) is 0.946. The van der Waals surface area contributed by atoms with Gasteiger partial charge in [0.05, 0.1) is 11.5 Å². The van der Waals surface area contributed by atoms with Crippen molar-refractivity contribution in [3.63, 3.8) is 0 Å². The van der Waals surface area contributed by atoms with Gasteiger partial charge in [0.2, 0.25) is 10.0 Å². The molecule has 0 atom stereocenters. The minimum Gasteiger partial charge on any atom is -0.494 e. The Morgan fingerprint density at radius 1 is 1.04 bits per heavy atom. The van der Waals surface area contributed by atoms with Gasteiger partial charge >= 0.3 is 0 Å². The molecule has 1 N–H and O–H groups in total. The van der Waals surface area contributed by atoms with Gasteiger partial charge in [0.1, 0.15) is 11.6 Å². The molecule has 0 aromatic heterocycles. The van der Waals surface area contributed by atoms with Crippen molar-refractivity contribution in [3.05, 3.63) is 59.9 Å². The molecule has 0 saturated carbocycles. The van der Waals surface area contributed by atoms with E-state index in [9.17, 15) is 17.6 Å². The molecule has 27 heavy (non-hydrogen) atoms. The van der Waals surface area contributed by atoms with Crippen LogP contribution in [0.3, 0.4) is 0 Å². The molecule has 2 rings (SSSR count). The van der Waals surface area contributed by atoms with Crippen LogP contribution in [0.1, 0.15) is 23.2 Å². The molecule has 2 aromatic rings. The highest BCUT2D eigenvalue weighted by Crippen LogP contribution is 2.14. The van der Waals surface area contributed by atoms with Gasteiger partial charge in [-0.05, 0) is 61.4 Å². The van der Waals surface area contributed by atoms with Crippen LogP contribution in [-0.2, 0) is 10.0 Å². The smallest absolute Gasteiger partial charge is 0.251 e. The average molecular weight is 394 g/mol. The third-order valence-corrected chi connectivity index (χ3v) is 5.66. The van der Waals surface area contributed by atoms with Crippen LogP contribution in [0.15, 0.2) is 53.4 Å². The summed E-state index contributed by atoms with van der Waals surface area (Å²) in [5, 5.41) is 2.78. The van der Waals surface area contributed by atoms with Crippen LogP contribution in [0.5, 0.6) is 5.75 Å². The number of benzene rings is 2. The van der Waals surface area contributed by atoms with Crippen LogP contribution >= 0.6 is 0 Å². The Labute approximate surface area is 159 Å². The van der Waals surface area contributed by atoms with E-state index in [0.717, 1.165) is 17.1 Å². The van der Waals surface area contributed by atoms with Crippen LogP contribution in [0.25, 0.3) is 0 Å². The number of carbonyl (C=O) groups is 1. The number of amides is 1. The molecule has 0 bridgehead atoms. The van der Waals surface area contributed by atoms with E-state index in [0.29, 0.717) is 24.5 Å². The minimum absolute atomic E-state index is 0.141. The van der Waals surface area contributed by atoms with Gasteiger partial charge in [-0.2, -0.15) is 0 Å². The highest BCUT2D eigenvalue weighted by Gasteiger charge is 2.17. The van der Waals surface area contributed by atoms with Crippen molar-refractivity contribution < 1.29 is 22.3 Å². The van der Waals surface area contributed by atoms with E-state index in [1.165, 1.54) is 50.5 Å². The van der Waals surface area contributed by atoms with Crippen LogP contribution < -0.4 is 10.1 Å². The minimum atomic E-state index is -3.50. The van der Waals surface area contributed by atoms with E-state index in [2.05, 4.69) is 5.32 Å². The van der Waals surface area contributed by atoms with E-state index in [-0.39, 0.29) is 16.6 Å². The molecule has 0 radical (unpaired) electrons. The lowest BCUT2D eigenvalue weighted by Crippen LogP contribution is -2.25. The molecule has 2 aromatic carbocycles. The Kier molecular flexibility index (Phi) is 7.32. The van der Waals surface area contributed by atoms with E-state index >= 15 is 0 Å². The van der Waals surface area contributed by atoms with Crippen LogP contribution in [0.4, 0.5) is 4.39 Å². The fourth-order valence-corrected chi connectivity index (χ4v) is 3.14. The van der Waals surface area contributed by atoms with Crippen molar-refractivity contribution in [1.29, 1.82) is 0 Å². The highest BCUT2D eigenvalue weighted by molar-refractivity contribution is 7.89. The fraction of sp³-hybridized carbons (Fsp3) is 0.316. The van der Waals surface area contributed by atoms with Crippen molar-refractivity contribution in [3.8, 4) is 5.75 Å². The van der Waals surface area contributed by atoms with Crippen molar-refractivity contribution in [1.82, 2.24) is 9.62 Å². The standard InChI is InChI=1S/C19H23FN2O4S/c1-22(2)27(24,25)18-11-5-15(6-12-18)19(23)21-13-3-4-14-26-17-9-7-16(20)8-10-17/h5-12H,3-4,13-14H2,1-2H3,(H,21,23). The first-order valence-electron chi connectivity index (χ1n) is 8.50. The lowest BCUT2D eigenvalue weighted by atomic mass is 10.2. The second-order valence-corrected chi connectivity index (χ2v) is 8.23. The maximum absolute atomic E-state index is 12.8. The Bertz CT molecular complexity index is 850. The molecule has 0 aliphatic rings. The summed E-state index contributed by atoms with van der Waals surface area (Å²) in [4.78, 5) is 12.2. The Balaban J connectivity index is 1.72. The number of ether oxygens (including phenoxy) is 1. The van der Waals surface area contributed by atoms with Gasteiger partial charge in [0.15, 0.2) is 0 Å². The molecule has 146 valence electrons. The largest absolute Gasteiger partial charge is 0.494 e. The van der Waals surface area contributed by atoms with Gasteiger partial charge in [0.25, 0.3) is 5.91 Å².